The Kier molecular flexibility index (Phi) is 2.70. The van der Waals surface area contributed by atoms with Crippen molar-refractivity contribution in [3.8, 4) is 0 Å². The van der Waals surface area contributed by atoms with Crippen LogP contribution >= 0.6 is 0 Å². The molecule has 5 N–H and O–H groups in total. The Morgan fingerprint density at radius 1 is 1.64 bits per heavy atom. The quantitative estimate of drug-likeness (QED) is 0.576. The predicted octanol–water partition coefficient (Wildman–Crippen LogP) is -0.779. The number of imide groups is 1. The molecule has 0 spiro atoms. The number of anilines is 1. The Labute approximate surface area is 80.1 Å². The van der Waals surface area contributed by atoms with Crippen molar-refractivity contribution in [2.75, 3.05) is 5.73 Å². The normalized spacial score (nSPS) is 12.1. The highest BCUT2D eigenvalue weighted by molar-refractivity contribution is 5.95. The van der Waals surface area contributed by atoms with Crippen LogP contribution in [0.15, 0.2) is 12.5 Å². The van der Waals surface area contributed by atoms with E-state index in [9.17, 15) is 9.59 Å². The van der Waals surface area contributed by atoms with E-state index in [1.807, 2.05) is 5.32 Å². The molecule has 0 fully saturated rings. The number of hydrogen-bond donors (Lipinski definition) is 3. The maximum Gasteiger partial charge on any atom is 0.318 e. The number of nitrogens with two attached hydrogens (primary N) is 2. The molecule has 1 atom stereocenters. The maximum atomic E-state index is 11.3. The summed E-state index contributed by atoms with van der Waals surface area (Å²) < 4.78 is 1.48. The fourth-order valence-electron chi connectivity index (χ4n) is 0.926. The molecule has 0 radical (unpaired) electrons. The highest BCUT2D eigenvalue weighted by atomic mass is 16.2. The van der Waals surface area contributed by atoms with Crippen molar-refractivity contribution in [2.24, 2.45) is 5.73 Å². The third-order valence-electron chi connectivity index (χ3n) is 1.69. The number of amides is 3. The Morgan fingerprint density at radius 2 is 2.29 bits per heavy atom. The molecule has 1 unspecified atom stereocenters. The van der Waals surface area contributed by atoms with Crippen molar-refractivity contribution in [2.45, 2.75) is 13.0 Å². The largest absolute Gasteiger partial charge is 0.382 e. The number of nitrogens with zero attached hydrogens (tertiary/aromatic N) is 2. The molecule has 14 heavy (non-hydrogen) atoms. The van der Waals surface area contributed by atoms with E-state index in [1.54, 1.807) is 6.92 Å². The van der Waals surface area contributed by atoms with E-state index in [0.29, 0.717) is 5.82 Å². The first kappa shape index (κ1) is 10.0. The Balaban J connectivity index is 2.70. The Hall–Kier alpha value is -2.05. The fourth-order valence-corrected chi connectivity index (χ4v) is 0.926. The van der Waals surface area contributed by atoms with E-state index in [1.165, 1.54) is 17.1 Å². The average molecular weight is 197 g/mol. The van der Waals surface area contributed by atoms with Gasteiger partial charge in [0.1, 0.15) is 11.9 Å². The zero-order valence-corrected chi connectivity index (χ0v) is 7.60. The van der Waals surface area contributed by atoms with Gasteiger partial charge in [-0.2, -0.15) is 0 Å². The number of rotatable bonds is 2. The van der Waals surface area contributed by atoms with Crippen molar-refractivity contribution < 1.29 is 9.59 Å². The molecule has 0 aromatic carbocycles. The van der Waals surface area contributed by atoms with Gasteiger partial charge in [-0.25, -0.2) is 9.78 Å². The topological polar surface area (TPSA) is 116 Å². The average Bonchev–Trinajstić information content (AvgIpc) is 2.49. The highest BCUT2D eigenvalue weighted by Crippen LogP contribution is 2.07. The molecular formula is C7H11N5O2. The van der Waals surface area contributed by atoms with E-state index >= 15 is 0 Å². The number of imidazole rings is 1. The summed E-state index contributed by atoms with van der Waals surface area (Å²) in [4.78, 5) is 25.4. The lowest BCUT2D eigenvalue weighted by Crippen LogP contribution is -2.38. The van der Waals surface area contributed by atoms with E-state index in [0.717, 1.165) is 0 Å². The molecule has 0 aliphatic carbocycles. The van der Waals surface area contributed by atoms with E-state index < -0.39 is 18.0 Å². The van der Waals surface area contributed by atoms with E-state index in [2.05, 4.69) is 4.98 Å². The summed E-state index contributed by atoms with van der Waals surface area (Å²) in [5.41, 5.74) is 10.2. The molecule has 1 heterocycles. The van der Waals surface area contributed by atoms with Gasteiger partial charge in [-0.15, -0.1) is 0 Å². The van der Waals surface area contributed by atoms with Gasteiger partial charge in [-0.1, -0.05) is 0 Å². The molecule has 0 saturated heterocycles. The van der Waals surface area contributed by atoms with Gasteiger partial charge in [0.25, 0.3) is 5.91 Å². The minimum atomic E-state index is -0.880. The van der Waals surface area contributed by atoms with Gasteiger partial charge < -0.3 is 16.0 Å². The van der Waals surface area contributed by atoms with Crippen LogP contribution in [0.4, 0.5) is 10.6 Å². The number of nitrogens with one attached hydrogen (secondary N) is 1. The molecule has 1 rings (SSSR count). The van der Waals surface area contributed by atoms with Gasteiger partial charge in [0.2, 0.25) is 0 Å². The van der Waals surface area contributed by atoms with Crippen LogP contribution in [0.3, 0.4) is 0 Å². The van der Waals surface area contributed by atoms with Crippen LogP contribution in [0.2, 0.25) is 0 Å². The molecule has 0 bridgehead atoms. The first-order valence-electron chi connectivity index (χ1n) is 3.90. The molecule has 1 aromatic heterocycles. The second-order valence-corrected chi connectivity index (χ2v) is 2.78. The third-order valence-corrected chi connectivity index (χ3v) is 1.69. The molecule has 0 aliphatic rings. The second kappa shape index (κ2) is 3.77. The van der Waals surface area contributed by atoms with Crippen LogP contribution in [0.1, 0.15) is 13.0 Å². The van der Waals surface area contributed by atoms with Crippen molar-refractivity contribution in [1.29, 1.82) is 0 Å². The Bertz CT molecular complexity index is 359. The number of aromatic nitrogens is 2. The molecular weight excluding hydrogens is 186 g/mol. The summed E-state index contributed by atoms with van der Waals surface area (Å²) in [6.07, 6.45) is 2.89. The maximum absolute atomic E-state index is 11.3. The molecule has 0 saturated carbocycles. The molecule has 76 valence electrons. The molecule has 7 heteroatoms. The monoisotopic (exact) mass is 197 g/mol. The van der Waals surface area contributed by atoms with Crippen molar-refractivity contribution in [3.63, 3.8) is 0 Å². The van der Waals surface area contributed by atoms with Crippen molar-refractivity contribution in [1.82, 2.24) is 14.9 Å². The lowest BCUT2D eigenvalue weighted by Gasteiger charge is -2.10. The van der Waals surface area contributed by atoms with Gasteiger partial charge in [-0.05, 0) is 6.92 Å². The summed E-state index contributed by atoms with van der Waals surface area (Å²) in [5.74, 6) is -0.196. The summed E-state index contributed by atoms with van der Waals surface area (Å²) in [6.45, 7) is 1.60. The van der Waals surface area contributed by atoms with Gasteiger partial charge in [0.05, 0.1) is 6.33 Å². The molecule has 7 nitrogen and oxygen atoms in total. The van der Waals surface area contributed by atoms with Gasteiger partial charge >= 0.3 is 6.03 Å². The summed E-state index contributed by atoms with van der Waals surface area (Å²) >= 11 is 0. The lowest BCUT2D eigenvalue weighted by atomic mass is 10.3. The van der Waals surface area contributed by atoms with Crippen LogP contribution in [-0.4, -0.2) is 21.5 Å². The summed E-state index contributed by atoms with van der Waals surface area (Å²) in [6, 6.07) is -1.46. The first-order chi connectivity index (χ1) is 6.50. The van der Waals surface area contributed by atoms with Crippen LogP contribution in [0.25, 0.3) is 0 Å². The van der Waals surface area contributed by atoms with E-state index in [4.69, 9.17) is 11.5 Å². The lowest BCUT2D eigenvalue weighted by molar-refractivity contribution is -0.122. The number of hydrogen-bond acceptors (Lipinski definition) is 4. The minimum absolute atomic E-state index is 0.309. The standard InChI is InChI=1S/C7H11N5O2/c1-4(6(13)11-7(9)14)12-2-5(8)10-3-12/h2-4H,8H2,1H3,(H3,9,11,13,14). The van der Waals surface area contributed by atoms with Crippen LogP contribution in [-0.2, 0) is 4.79 Å². The minimum Gasteiger partial charge on any atom is -0.382 e. The first-order valence-corrected chi connectivity index (χ1v) is 3.90. The number of primary amides is 1. The van der Waals surface area contributed by atoms with Gasteiger partial charge in [0.15, 0.2) is 0 Å². The predicted molar refractivity (Wildman–Crippen MR) is 49.1 cm³/mol. The Morgan fingerprint density at radius 3 is 2.71 bits per heavy atom. The number of nitrogen functional groups attached to an aromatic ring is 1. The third kappa shape index (κ3) is 2.22. The second-order valence-electron chi connectivity index (χ2n) is 2.78. The van der Waals surface area contributed by atoms with Gasteiger partial charge in [0, 0.05) is 6.20 Å². The SMILES string of the molecule is CC(C(=O)NC(N)=O)n1cnc(N)c1. The zero-order valence-electron chi connectivity index (χ0n) is 7.60. The highest BCUT2D eigenvalue weighted by Gasteiger charge is 2.15. The molecule has 1 aromatic rings. The smallest absolute Gasteiger partial charge is 0.318 e. The van der Waals surface area contributed by atoms with Crippen LogP contribution in [0.5, 0.6) is 0 Å². The summed E-state index contributed by atoms with van der Waals surface area (Å²) in [5, 5.41) is 1.96. The van der Waals surface area contributed by atoms with Crippen LogP contribution in [0, 0.1) is 0 Å². The van der Waals surface area contributed by atoms with E-state index in [-0.39, 0.29) is 0 Å². The number of carbonyl (C=O) groups excluding carboxylic acids is 2. The van der Waals surface area contributed by atoms with Crippen molar-refractivity contribution >= 4 is 17.8 Å². The fraction of sp³-hybridized carbons (Fsp3) is 0.286. The molecule has 0 aliphatic heterocycles. The van der Waals surface area contributed by atoms with Gasteiger partial charge in [-0.3, -0.25) is 10.1 Å². The number of urea groups is 1. The molecule has 3 amide bonds. The van der Waals surface area contributed by atoms with Crippen LogP contribution < -0.4 is 16.8 Å². The van der Waals surface area contributed by atoms with Crippen molar-refractivity contribution in [3.05, 3.63) is 12.5 Å². The zero-order chi connectivity index (χ0) is 10.7. The summed E-state index contributed by atoms with van der Waals surface area (Å²) in [7, 11) is 0. The number of carbonyl (C=O) groups is 2.